The van der Waals surface area contributed by atoms with E-state index in [0.717, 1.165) is 0 Å². The van der Waals surface area contributed by atoms with Gasteiger partial charge in [-0.2, -0.15) is 0 Å². The maximum atomic E-state index is 11.5. The van der Waals surface area contributed by atoms with Crippen LogP contribution in [-0.4, -0.2) is 22.1 Å². The van der Waals surface area contributed by atoms with Crippen LogP contribution < -0.4 is 0 Å². The molecule has 1 N–H and O–H groups in total. The number of carbonyl (C=O) groups excluding carboxylic acids is 2. The molecule has 2 amide bonds. The van der Waals surface area contributed by atoms with Crippen LogP contribution in [0.1, 0.15) is 27.7 Å². The Bertz CT molecular complexity index is 285. The van der Waals surface area contributed by atoms with E-state index in [4.69, 9.17) is 0 Å². The molecule has 0 aromatic carbocycles. The smallest absolute Gasteiger partial charge is 0.278 e. The quantitative estimate of drug-likeness (QED) is 0.537. The maximum Gasteiger partial charge on any atom is 0.281 e. The lowest BCUT2D eigenvalue weighted by Gasteiger charge is -2.08. The van der Waals surface area contributed by atoms with Gasteiger partial charge in [-0.25, -0.2) is 0 Å². The molecule has 0 aromatic rings. The van der Waals surface area contributed by atoms with E-state index in [1.165, 1.54) is 0 Å². The Labute approximate surface area is 83.2 Å². The Morgan fingerprint density at radius 1 is 0.929 bits per heavy atom. The van der Waals surface area contributed by atoms with Gasteiger partial charge in [0.25, 0.3) is 11.8 Å². The minimum Gasteiger partial charge on any atom is -0.278 e. The van der Waals surface area contributed by atoms with E-state index in [2.05, 4.69) is 0 Å². The number of imide groups is 1. The summed E-state index contributed by atoms with van der Waals surface area (Å²) >= 11 is 0. The van der Waals surface area contributed by atoms with E-state index in [0.29, 0.717) is 11.1 Å². The second-order valence-electron chi connectivity index (χ2n) is 4.06. The average molecular weight is 197 g/mol. The van der Waals surface area contributed by atoms with E-state index in [1.807, 2.05) is 27.7 Å². The summed E-state index contributed by atoms with van der Waals surface area (Å²) < 4.78 is 0. The van der Waals surface area contributed by atoms with E-state index >= 15 is 0 Å². The van der Waals surface area contributed by atoms with Crippen molar-refractivity contribution in [2.24, 2.45) is 11.8 Å². The van der Waals surface area contributed by atoms with E-state index in [1.54, 1.807) is 0 Å². The molecule has 14 heavy (non-hydrogen) atoms. The summed E-state index contributed by atoms with van der Waals surface area (Å²) in [6.45, 7) is 7.34. The zero-order chi connectivity index (χ0) is 11.0. The Balaban J connectivity index is 3.26. The summed E-state index contributed by atoms with van der Waals surface area (Å²) in [5, 5.41) is 9.41. The van der Waals surface area contributed by atoms with Gasteiger partial charge in [0, 0.05) is 11.1 Å². The fourth-order valence-electron chi connectivity index (χ4n) is 1.67. The SMILES string of the molecule is CC(C)C1=C(C(C)C)C(=O)N(O)C1=O. The van der Waals surface area contributed by atoms with Crippen molar-refractivity contribution in [1.82, 2.24) is 5.06 Å². The lowest BCUT2D eigenvalue weighted by atomic mass is 9.92. The summed E-state index contributed by atoms with van der Waals surface area (Å²) in [5.74, 6) is -1.23. The lowest BCUT2D eigenvalue weighted by molar-refractivity contribution is -0.170. The standard InChI is InChI=1S/C10H15NO3/c1-5(2)7-8(6(3)4)10(13)11(14)9(7)12/h5-6,14H,1-4H3. The third kappa shape index (κ3) is 1.46. The second kappa shape index (κ2) is 3.53. The molecule has 0 unspecified atom stereocenters. The summed E-state index contributed by atoms with van der Waals surface area (Å²) in [5.41, 5.74) is 0.875. The van der Waals surface area contributed by atoms with Crippen molar-refractivity contribution < 1.29 is 14.8 Å². The monoisotopic (exact) mass is 197 g/mol. The predicted octanol–water partition coefficient (Wildman–Crippen LogP) is 1.35. The van der Waals surface area contributed by atoms with E-state index < -0.39 is 11.8 Å². The van der Waals surface area contributed by atoms with E-state index in [-0.39, 0.29) is 16.9 Å². The van der Waals surface area contributed by atoms with Crippen LogP contribution in [0.5, 0.6) is 0 Å². The minimum absolute atomic E-state index is 0.0407. The topological polar surface area (TPSA) is 57.6 Å². The first-order valence-corrected chi connectivity index (χ1v) is 4.69. The fraction of sp³-hybridized carbons (Fsp3) is 0.600. The molecule has 0 fully saturated rings. The molecular weight excluding hydrogens is 182 g/mol. The van der Waals surface area contributed by atoms with Crippen LogP contribution in [0.15, 0.2) is 11.1 Å². The van der Waals surface area contributed by atoms with Crippen molar-refractivity contribution in [3.05, 3.63) is 11.1 Å². The molecular formula is C10H15NO3. The molecule has 0 radical (unpaired) electrons. The molecule has 1 aliphatic heterocycles. The van der Waals surface area contributed by atoms with Crippen LogP contribution in [0.25, 0.3) is 0 Å². The highest BCUT2D eigenvalue weighted by Gasteiger charge is 2.39. The van der Waals surface area contributed by atoms with Gasteiger partial charge in [0.2, 0.25) is 0 Å². The number of hydrogen-bond acceptors (Lipinski definition) is 3. The van der Waals surface area contributed by atoms with Crippen LogP contribution in [0.2, 0.25) is 0 Å². The Hall–Kier alpha value is -1.16. The molecule has 0 aliphatic carbocycles. The first kappa shape index (κ1) is 10.9. The molecule has 1 heterocycles. The first-order chi connectivity index (χ1) is 6.37. The molecule has 0 bridgehead atoms. The van der Waals surface area contributed by atoms with Crippen LogP contribution in [0.3, 0.4) is 0 Å². The van der Waals surface area contributed by atoms with E-state index in [9.17, 15) is 14.8 Å². The second-order valence-corrected chi connectivity index (χ2v) is 4.06. The highest BCUT2D eigenvalue weighted by Crippen LogP contribution is 2.29. The van der Waals surface area contributed by atoms with Gasteiger partial charge in [-0.3, -0.25) is 14.8 Å². The molecule has 0 saturated carbocycles. The third-order valence-corrected chi connectivity index (χ3v) is 2.29. The molecule has 0 saturated heterocycles. The Morgan fingerprint density at radius 3 is 1.43 bits per heavy atom. The number of hydroxylamine groups is 2. The molecule has 78 valence electrons. The molecule has 1 rings (SSSR count). The van der Waals surface area contributed by atoms with Crippen molar-refractivity contribution in [3.8, 4) is 0 Å². The fourth-order valence-corrected chi connectivity index (χ4v) is 1.67. The number of nitrogens with zero attached hydrogens (tertiary/aromatic N) is 1. The van der Waals surface area contributed by atoms with Gasteiger partial charge in [-0.15, -0.1) is 5.06 Å². The minimum atomic E-state index is -0.575. The van der Waals surface area contributed by atoms with Crippen molar-refractivity contribution in [2.75, 3.05) is 0 Å². The Kier molecular flexibility index (Phi) is 2.76. The normalized spacial score (nSPS) is 18.1. The number of hydrogen-bond donors (Lipinski definition) is 1. The zero-order valence-corrected chi connectivity index (χ0v) is 8.87. The number of carbonyl (C=O) groups is 2. The molecule has 0 aromatic heterocycles. The summed E-state index contributed by atoms with van der Waals surface area (Å²) in [6, 6.07) is 0. The van der Waals surface area contributed by atoms with Gasteiger partial charge in [0.1, 0.15) is 0 Å². The van der Waals surface area contributed by atoms with Crippen molar-refractivity contribution in [3.63, 3.8) is 0 Å². The molecule has 0 spiro atoms. The molecule has 1 aliphatic rings. The summed E-state index contributed by atoms with van der Waals surface area (Å²) in [4.78, 5) is 22.9. The summed E-state index contributed by atoms with van der Waals surface area (Å²) in [6.07, 6.45) is 0. The highest BCUT2D eigenvalue weighted by molar-refractivity contribution is 6.18. The van der Waals surface area contributed by atoms with Gasteiger partial charge in [-0.05, 0) is 11.8 Å². The van der Waals surface area contributed by atoms with Crippen LogP contribution in [0, 0.1) is 11.8 Å². The van der Waals surface area contributed by atoms with Gasteiger partial charge in [-0.1, -0.05) is 27.7 Å². The van der Waals surface area contributed by atoms with Gasteiger partial charge >= 0.3 is 0 Å². The number of amides is 2. The lowest BCUT2D eigenvalue weighted by Crippen LogP contribution is -2.28. The number of rotatable bonds is 2. The van der Waals surface area contributed by atoms with Crippen molar-refractivity contribution >= 4 is 11.8 Å². The largest absolute Gasteiger partial charge is 0.281 e. The van der Waals surface area contributed by atoms with Gasteiger partial charge in [0.15, 0.2) is 0 Å². The zero-order valence-electron chi connectivity index (χ0n) is 8.87. The highest BCUT2D eigenvalue weighted by atomic mass is 16.5. The predicted molar refractivity (Wildman–Crippen MR) is 50.3 cm³/mol. The summed E-state index contributed by atoms with van der Waals surface area (Å²) in [7, 11) is 0. The van der Waals surface area contributed by atoms with Crippen molar-refractivity contribution in [2.45, 2.75) is 27.7 Å². The molecule has 4 nitrogen and oxygen atoms in total. The van der Waals surface area contributed by atoms with Crippen LogP contribution >= 0.6 is 0 Å². The third-order valence-electron chi connectivity index (χ3n) is 2.29. The van der Waals surface area contributed by atoms with Crippen LogP contribution in [-0.2, 0) is 9.59 Å². The average Bonchev–Trinajstić information content (AvgIpc) is 2.29. The maximum absolute atomic E-state index is 11.5. The Morgan fingerprint density at radius 2 is 1.21 bits per heavy atom. The van der Waals surface area contributed by atoms with Crippen LogP contribution in [0.4, 0.5) is 0 Å². The van der Waals surface area contributed by atoms with Gasteiger partial charge in [0.05, 0.1) is 0 Å². The van der Waals surface area contributed by atoms with Crippen molar-refractivity contribution in [1.29, 1.82) is 0 Å². The van der Waals surface area contributed by atoms with Gasteiger partial charge < -0.3 is 0 Å². The molecule has 0 atom stereocenters. The first-order valence-electron chi connectivity index (χ1n) is 4.69. The molecule has 4 heteroatoms.